The van der Waals surface area contributed by atoms with E-state index in [1.807, 2.05) is 13.8 Å². The summed E-state index contributed by atoms with van der Waals surface area (Å²) in [6, 6.07) is 4.95. The van der Waals surface area contributed by atoms with Gasteiger partial charge in [0.15, 0.2) is 0 Å². The molecule has 0 unspecified atom stereocenters. The molecule has 0 spiro atoms. The van der Waals surface area contributed by atoms with E-state index in [0.717, 1.165) is 0 Å². The zero-order valence-electron chi connectivity index (χ0n) is 11.0. The molecule has 0 aliphatic carbocycles. The number of hydrogen-bond acceptors (Lipinski definition) is 4. The Morgan fingerprint density at radius 2 is 2.11 bits per heavy atom. The van der Waals surface area contributed by atoms with E-state index in [-0.39, 0.29) is 24.5 Å². The van der Waals surface area contributed by atoms with Gasteiger partial charge in [0.2, 0.25) is 0 Å². The maximum Gasteiger partial charge on any atom is 0.251 e. The van der Waals surface area contributed by atoms with Gasteiger partial charge in [-0.05, 0) is 24.1 Å². The largest absolute Gasteiger partial charge is 0.397 e. The van der Waals surface area contributed by atoms with E-state index in [0.29, 0.717) is 16.9 Å². The van der Waals surface area contributed by atoms with Crippen LogP contribution in [0, 0.1) is 5.92 Å². The molecule has 1 aromatic carbocycles. The lowest BCUT2D eigenvalue weighted by Gasteiger charge is -2.22. The first kappa shape index (κ1) is 14.3. The highest BCUT2D eigenvalue weighted by atomic mass is 16.3. The van der Waals surface area contributed by atoms with Gasteiger partial charge in [0.25, 0.3) is 5.91 Å². The fraction of sp³-hybridized carbons (Fsp3) is 0.462. The number of carbonyl (C=O) groups excluding carboxylic acids is 1. The summed E-state index contributed by atoms with van der Waals surface area (Å²) >= 11 is 0. The molecule has 0 aromatic heterocycles. The molecule has 0 saturated carbocycles. The van der Waals surface area contributed by atoms with Crippen molar-refractivity contribution >= 4 is 17.3 Å². The number of aliphatic hydroxyl groups excluding tert-OH is 1. The van der Waals surface area contributed by atoms with Gasteiger partial charge in [0.1, 0.15) is 0 Å². The minimum atomic E-state index is -0.164. The fourth-order valence-electron chi connectivity index (χ4n) is 1.59. The monoisotopic (exact) mass is 251 g/mol. The van der Waals surface area contributed by atoms with E-state index in [4.69, 9.17) is 5.73 Å². The molecule has 0 aliphatic rings. The Bertz CT molecular complexity index is 419. The van der Waals surface area contributed by atoms with Crippen molar-refractivity contribution in [1.82, 2.24) is 5.32 Å². The quantitative estimate of drug-likeness (QED) is 0.589. The zero-order chi connectivity index (χ0) is 13.7. The summed E-state index contributed by atoms with van der Waals surface area (Å²) in [5.74, 6) is 0.0983. The molecule has 0 aliphatic heterocycles. The summed E-state index contributed by atoms with van der Waals surface area (Å²) in [7, 11) is 1.58. The molecule has 0 bridgehead atoms. The predicted molar refractivity (Wildman–Crippen MR) is 73.6 cm³/mol. The van der Waals surface area contributed by atoms with Gasteiger partial charge >= 0.3 is 0 Å². The Morgan fingerprint density at radius 1 is 1.44 bits per heavy atom. The Kier molecular flexibility index (Phi) is 4.97. The van der Waals surface area contributed by atoms with E-state index < -0.39 is 0 Å². The second-order valence-electron chi connectivity index (χ2n) is 4.56. The molecule has 0 heterocycles. The van der Waals surface area contributed by atoms with Crippen molar-refractivity contribution < 1.29 is 9.90 Å². The van der Waals surface area contributed by atoms with Gasteiger partial charge in [0, 0.05) is 12.6 Å². The molecule has 0 radical (unpaired) electrons. The Labute approximate surface area is 107 Å². The molecule has 1 atom stereocenters. The second kappa shape index (κ2) is 6.26. The molecule has 18 heavy (non-hydrogen) atoms. The topological polar surface area (TPSA) is 87.4 Å². The van der Waals surface area contributed by atoms with Crippen LogP contribution in [0.15, 0.2) is 18.2 Å². The van der Waals surface area contributed by atoms with E-state index in [1.54, 1.807) is 25.2 Å². The highest BCUT2D eigenvalue weighted by Gasteiger charge is 2.14. The average Bonchev–Trinajstić information content (AvgIpc) is 2.36. The van der Waals surface area contributed by atoms with Gasteiger partial charge in [0.05, 0.1) is 24.0 Å². The molecule has 1 rings (SSSR count). The average molecular weight is 251 g/mol. The SMILES string of the molecule is CNC(=O)c1ccc(N)c(N[C@H](CO)C(C)C)c1. The number of carbonyl (C=O) groups is 1. The van der Waals surface area contributed by atoms with Crippen molar-refractivity contribution in [2.75, 3.05) is 24.7 Å². The smallest absolute Gasteiger partial charge is 0.251 e. The standard InChI is InChI=1S/C13H21N3O2/c1-8(2)12(7-17)16-11-6-9(13(18)15-3)4-5-10(11)14/h4-6,8,12,16-17H,7,14H2,1-3H3,(H,15,18)/t12-/m1/s1. The molecular weight excluding hydrogens is 230 g/mol. The molecule has 1 amide bonds. The van der Waals surface area contributed by atoms with E-state index in [9.17, 15) is 9.90 Å². The maximum absolute atomic E-state index is 11.5. The van der Waals surface area contributed by atoms with Crippen LogP contribution in [-0.4, -0.2) is 30.7 Å². The summed E-state index contributed by atoms with van der Waals surface area (Å²) in [5, 5.41) is 15.0. The molecule has 0 fully saturated rings. The molecule has 5 N–H and O–H groups in total. The first-order valence-electron chi connectivity index (χ1n) is 5.98. The summed E-state index contributed by atoms with van der Waals surface area (Å²) in [5.41, 5.74) is 7.62. The van der Waals surface area contributed by atoms with Crippen LogP contribution in [0.5, 0.6) is 0 Å². The minimum Gasteiger partial charge on any atom is -0.397 e. The van der Waals surface area contributed by atoms with Crippen molar-refractivity contribution in [3.05, 3.63) is 23.8 Å². The molecular formula is C13H21N3O2. The van der Waals surface area contributed by atoms with Crippen molar-refractivity contribution in [3.8, 4) is 0 Å². The Hall–Kier alpha value is -1.75. The van der Waals surface area contributed by atoms with Crippen LogP contribution >= 0.6 is 0 Å². The number of nitrogen functional groups attached to an aromatic ring is 1. The molecule has 0 saturated heterocycles. The molecule has 100 valence electrons. The van der Waals surface area contributed by atoms with Gasteiger partial charge in [-0.3, -0.25) is 4.79 Å². The van der Waals surface area contributed by atoms with Gasteiger partial charge in [-0.1, -0.05) is 13.8 Å². The number of benzene rings is 1. The van der Waals surface area contributed by atoms with Crippen LogP contribution in [0.1, 0.15) is 24.2 Å². The number of rotatable bonds is 5. The van der Waals surface area contributed by atoms with Crippen LogP contribution in [0.25, 0.3) is 0 Å². The van der Waals surface area contributed by atoms with Crippen LogP contribution in [0.2, 0.25) is 0 Å². The molecule has 5 nitrogen and oxygen atoms in total. The second-order valence-corrected chi connectivity index (χ2v) is 4.56. The lowest BCUT2D eigenvalue weighted by molar-refractivity contribution is 0.0963. The van der Waals surface area contributed by atoms with Gasteiger partial charge in [-0.15, -0.1) is 0 Å². The number of nitrogens with one attached hydrogen (secondary N) is 2. The summed E-state index contributed by atoms with van der Waals surface area (Å²) in [6.45, 7) is 4.03. The Morgan fingerprint density at radius 3 is 2.61 bits per heavy atom. The normalized spacial score (nSPS) is 12.3. The van der Waals surface area contributed by atoms with E-state index in [2.05, 4.69) is 10.6 Å². The van der Waals surface area contributed by atoms with Crippen molar-refractivity contribution in [3.63, 3.8) is 0 Å². The van der Waals surface area contributed by atoms with Gasteiger partial charge < -0.3 is 21.5 Å². The summed E-state index contributed by atoms with van der Waals surface area (Å²) < 4.78 is 0. The van der Waals surface area contributed by atoms with E-state index >= 15 is 0 Å². The third-order valence-electron chi connectivity index (χ3n) is 2.88. The van der Waals surface area contributed by atoms with E-state index in [1.165, 1.54) is 0 Å². The minimum absolute atomic E-state index is 0.0152. The number of amides is 1. The van der Waals surface area contributed by atoms with Gasteiger partial charge in [-0.25, -0.2) is 0 Å². The summed E-state index contributed by atoms with van der Waals surface area (Å²) in [6.07, 6.45) is 0. The van der Waals surface area contributed by atoms with Gasteiger partial charge in [-0.2, -0.15) is 0 Å². The zero-order valence-corrected chi connectivity index (χ0v) is 11.0. The predicted octanol–water partition coefficient (Wildman–Crippen LogP) is 1.06. The first-order valence-corrected chi connectivity index (χ1v) is 5.98. The van der Waals surface area contributed by atoms with Crippen molar-refractivity contribution in [2.24, 2.45) is 5.92 Å². The lowest BCUT2D eigenvalue weighted by Crippen LogP contribution is -2.30. The van der Waals surface area contributed by atoms with Crippen molar-refractivity contribution in [1.29, 1.82) is 0 Å². The Balaban J connectivity index is 2.97. The maximum atomic E-state index is 11.5. The van der Waals surface area contributed by atoms with Crippen LogP contribution in [-0.2, 0) is 0 Å². The first-order chi connectivity index (χ1) is 8.49. The fourth-order valence-corrected chi connectivity index (χ4v) is 1.59. The lowest BCUT2D eigenvalue weighted by atomic mass is 10.0. The summed E-state index contributed by atoms with van der Waals surface area (Å²) in [4.78, 5) is 11.5. The van der Waals surface area contributed by atoms with Crippen molar-refractivity contribution in [2.45, 2.75) is 19.9 Å². The van der Waals surface area contributed by atoms with Crippen LogP contribution < -0.4 is 16.4 Å². The third kappa shape index (κ3) is 3.37. The highest BCUT2D eigenvalue weighted by Crippen LogP contribution is 2.22. The molecule has 5 heteroatoms. The number of hydrogen-bond donors (Lipinski definition) is 4. The van der Waals surface area contributed by atoms with Crippen LogP contribution in [0.3, 0.4) is 0 Å². The number of aliphatic hydroxyl groups is 1. The number of anilines is 2. The molecule has 1 aromatic rings. The highest BCUT2D eigenvalue weighted by molar-refractivity contribution is 5.96. The van der Waals surface area contributed by atoms with Crippen LogP contribution in [0.4, 0.5) is 11.4 Å². The number of nitrogens with two attached hydrogens (primary N) is 1. The third-order valence-corrected chi connectivity index (χ3v) is 2.88.